The molecular formula is C18H19NO5. The lowest BCUT2D eigenvalue weighted by atomic mass is 10.1. The molecule has 126 valence electrons. The van der Waals surface area contributed by atoms with Crippen molar-refractivity contribution in [1.82, 2.24) is 4.57 Å². The minimum Gasteiger partial charge on any atom is -0.462 e. The third-order valence-corrected chi connectivity index (χ3v) is 3.45. The quantitative estimate of drug-likeness (QED) is 0.788. The van der Waals surface area contributed by atoms with Crippen LogP contribution in [0.4, 0.5) is 0 Å². The Morgan fingerprint density at radius 3 is 2.04 bits per heavy atom. The van der Waals surface area contributed by atoms with Crippen molar-refractivity contribution in [3.8, 4) is 5.69 Å². The molecule has 0 atom stereocenters. The van der Waals surface area contributed by atoms with Gasteiger partial charge in [0, 0.05) is 11.4 Å². The molecule has 0 aliphatic heterocycles. The first kappa shape index (κ1) is 17.5. The van der Waals surface area contributed by atoms with Crippen LogP contribution in [0.25, 0.3) is 5.69 Å². The predicted octanol–water partition coefficient (Wildman–Crippen LogP) is 2.50. The molecule has 2 rings (SSSR count). The van der Waals surface area contributed by atoms with E-state index in [0.29, 0.717) is 11.4 Å². The van der Waals surface area contributed by atoms with Gasteiger partial charge in [-0.15, -0.1) is 0 Å². The number of ether oxygens (including phenoxy) is 2. The van der Waals surface area contributed by atoms with E-state index < -0.39 is 17.5 Å². The number of rotatable bonds is 5. The summed E-state index contributed by atoms with van der Waals surface area (Å²) >= 11 is 0. The Morgan fingerprint density at radius 1 is 0.958 bits per heavy atom. The van der Waals surface area contributed by atoms with Gasteiger partial charge in [-0.3, -0.25) is 9.36 Å². The predicted molar refractivity (Wildman–Crippen MR) is 88.7 cm³/mol. The summed E-state index contributed by atoms with van der Waals surface area (Å²) < 4.78 is 11.3. The maximum Gasteiger partial charge on any atom is 0.343 e. The normalized spacial score (nSPS) is 10.3. The van der Waals surface area contributed by atoms with Crippen LogP contribution in [0.15, 0.2) is 41.2 Å². The molecule has 2 aromatic rings. The standard InChI is InChI=1S/C18H19NO5/c1-4-23-17(21)14-11-15(18(22)24-5-2)16(20)19(12(14)3)13-9-7-6-8-10-13/h6-11H,4-5H2,1-3H3. The lowest BCUT2D eigenvalue weighted by molar-refractivity contribution is 0.0522. The summed E-state index contributed by atoms with van der Waals surface area (Å²) in [5.41, 5.74) is 0.373. The van der Waals surface area contributed by atoms with Crippen molar-refractivity contribution in [2.45, 2.75) is 20.8 Å². The van der Waals surface area contributed by atoms with E-state index >= 15 is 0 Å². The fourth-order valence-electron chi connectivity index (χ4n) is 2.36. The molecule has 6 nitrogen and oxygen atoms in total. The molecule has 0 unspecified atom stereocenters. The highest BCUT2D eigenvalue weighted by Gasteiger charge is 2.23. The molecule has 1 heterocycles. The highest BCUT2D eigenvalue weighted by atomic mass is 16.5. The highest BCUT2D eigenvalue weighted by Crippen LogP contribution is 2.15. The largest absolute Gasteiger partial charge is 0.462 e. The smallest absolute Gasteiger partial charge is 0.343 e. The van der Waals surface area contributed by atoms with Gasteiger partial charge in [-0.2, -0.15) is 0 Å². The van der Waals surface area contributed by atoms with Crippen molar-refractivity contribution in [2.75, 3.05) is 13.2 Å². The van der Waals surface area contributed by atoms with E-state index in [1.807, 2.05) is 6.07 Å². The topological polar surface area (TPSA) is 74.6 Å². The van der Waals surface area contributed by atoms with E-state index in [2.05, 4.69) is 0 Å². The average molecular weight is 329 g/mol. The second-order valence-electron chi connectivity index (χ2n) is 4.97. The molecule has 0 saturated heterocycles. The maximum atomic E-state index is 12.7. The lowest BCUT2D eigenvalue weighted by Crippen LogP contribution is -2.30. The Bertz CT molecular complexity index is 808. The van der Waals surface area contributed by atoms with Crippen LogP contribution in [0.3, 0.4) is 0 Å². The van der Waals surface area contributed by atoms with Crippen LogP contribution < -0.4 is 5.56 Å². The maximum absolute atomic E-state index is 12.7. The number of hydrogen-bond donors (Lipinski definition) is 0. The Hall–Kier alpha value is -2.89. The summed E-state index contributed by atoms with van der Waals surface area (Å²) in [6.45, 7) is 5.29. The van der Waals surface area contributed by atoms with Gasteiger partial charge < -0.3 is 9.47 Å². The van der Waals surface area contributed by atoms with E-state index in [1.54, 1.807) is 45.0 Å². The van der Waals surface area contributed by atoms with Crippen molar-refractivity contribution in [3.05, 3.63) is 63.6 Å². The summed E-state index contributed by atoms with van der Waals surface area (Å²) in [5.74, 6) is -1.36. The minimum atomic E-state index is -0.766. The zero-order chi connectivity index (χ0) is 17.7. The molecule has 0 N–H and O–H groups in total. The van der Waals surface area contributed by atoms with Gasteiger partial charge in [-0.25, -0.2) is 9.59 Å². The summed E-state index contributed by atoms with van der Waals surface area (Å²) in [7, 11) is 0. The Morgan fingerprint density at radius 2 is 1.50 bits per heavy atom. The second-order valence-corrected chi connectivity index (χ2v) is 4.97. The van der Waals surface area contributed by atoms with Crippen LogP contribution >= 0.6 is 0 Å². The fraction of sp³-hybridized carbons (Fsp3) is 0.278. The van der Waals surface area contributed by atoms with Crippen LogP contribution in [0, 0.1) is 6.92 Å². The average Bonchev–Trinajstić information content (AvgIpc) is 2.56. The molecule has 0 amide bonds. The van der Waals surface area contributed by atoms with Gasteiger partial charge in [-0.1, -0.05) is 18.2 Å². The van der Waals surface area contributed by atoms with Crippen LogP contribution in [-0.2, 0) is 9.47 Å². The molecule has 0 aliphatic rings. The second kappa shape index (κ2) is 7.59. The van der Waals surface area contributed by atoms with E-state index in [0.717, 1.165) is 0 Å². The van der Waals surface area contributed by atoms with Crippen LogP contribution in [0.2, 0.25) is 0 Å². The Kier molecular flexibility index (Phi) is 5.52. The number of aromatic nitrogens is 1. The van der Waals surface area contributed by atoms with Gasteiger partial charge in [0.1, 0.15) is 5.56 Å². The van der Waals surface area contributed by atoms with Gasteiger partial charge in [0.05, 0.1) is 18.8 Å². The van der Waals surface area contributed by atoms with Crippen molar-refractivity contribution in [3.63, 3.8) is 0 Å². The van der Waals surface area contributed by atoms with Gasteiger partial charge in [0.2, 0.25) is 0 Å². The number of benzene rings is 1. The molecule has 0 bridgehead atoms. The zero-order valence-electron chi connectivity index (χ0n) is 13.9. The first-order chi connectivity index (χ1) is 11.5. The number of pyridine rings is 1. The monoisotopic (exact) mass is 329 g/mol. The van der Waals surface area contributed by atoms with Gasteiger partial charge in [0.15, 0.2) is 0 Å². The van der Waals surface area contributed by atoms with E-state index in [4.69, 9.17) is 9.47 Å². The molecule has 0 fully saturated rings. The molecule has 0 aliphatic carbocycles. The molecular weight excluding hydrogens is 310 g/mol. The molecule has 0 saturated carbocycles. The van der Waals surface area contributed by atoms with Crippen LogP contribution in [0.1, 0.15) is 40.3 Å². The molecule has 24 heavy (non-hydrogen) atoms. The SMILES string of the molecule is CCOC(=O)c1cc(C(=O)OCC)c(=O)n(-c2ccccc2)c1C. The van der Waals surface area contributed by atoms with Gasteiger partial charge in [0.25, 0.3) is 5.56 Å². The molecule has 1 aromatic heterocycles. The van der Waals surface area contributed by atoms with Crippen LogP contribution in [-0.4, -0.2) is 29.7 Å². The van der Waals surface area contributed by atoms with Crippen LogP contribution in [0.5, 0.6) is 0 Å². The highest BCUT2D eigenvalue weighted by molar-refractivity contribution is 5.96. The van der Waals surface area contributed by atoms with Gasteiger partial charge >= 0.3 is 11.9 Å². The van der Waals surface area contributed by atoms with Crippen molar-refractivity contribution >= 4 is 11.9 Å². The van der Waals surface area contributed by atoms with E-state index in [1.165, 1.54) is 10.6 Å². The number of para-hydroxylation sites is 1. The molecule has 1 aromatic carbocycles. The molecule has 6 heteroatoms. The number of carbonyl (C=O) groups is 2. The zero-order valence-corrected chi connectivity index (χ0v) is 13.9. The molecule has 0 spiro atoms. The third-order valence-electron chi connectivity index (χ3n) is 3.45. The van der Waals surface area contributed by atoms with E-state index in [-0.39, 0.29) is 24.3 Å². The summed E-state index contributed by atoms with van der Waals surface area (Å²) in [6, 6.07) is 10.0. The number of nitrogens with zero attached hydrogens (tertiary/aromatic N) is 1. The third kappa shape index (κ3) is 3.37. The van der Waals surface area contributed by atoms with Crippen molar-refractivity contribution in [2.24, 2.45) is 0 Å². The Labute approximate surface area is 139 Å². The van der Waals surface area contributed by atoms with E-state index in [9.17, 15) is 14.4 Å². The first-order valence-corrected chi connectivity index (χ1v) is 7.67. The lowest BCUT2D eigenvalue weighted by Gasteiger charge is -2.15. The fourth-order valence-corrected chi connectivity index (χ4v) is 2.36. The summed E-state index contributed by atoms with van der Waals surface area (Å²) in [4.78, 5) is 37.1. The Balaban J connectivity index is 2.75. The number of esters is 2. The summed E-state index contributed by atoms with van der Waals surface area (Å²) in [6.07, 6.45) is 0. The van der Waals surface area contributed by atoms with Gasteiger partial charge in [-0.05, 0) is 39.0 Å². The number of carbonyl (C=O) groups excluding carboxylic acids is 2. The molecule has 0 radical (unpaired) electrons. The van der Waals surface area contributed by atoms with Crippen molar-refractivity contribution in [1.29, 1.82) is 0 Å². The minimum absolute atomic E-state index is 0.131. The van der Waals surface area contributed by atoms with Crippen molar-refractivity contribution < 1.29 is 19.1 Å². The number of hydrogen-bond acceptors (Lipinski definition) is 5. The summed E-state index contributed by atoms with van der Waals surface area (Å²) in [5, 5.41) is 0. The first-order valence-electron chi connectivity index (χ1n) is 7.67.